The number of nitrogens with zero attached hydrogens (tertiary/aromatic N) is 3. The minimum Gasteiger partial charge on any atom is -0.390 e. The highest BCUT2D eigenvalue weighted by molar-refractivity contribution is 5.91. The van der Waals surface area contributed by atoms with Crippen molar-refractivity contribution < 1.29 is 9.90 Å². The molecule has 0 radical (unpaired) electrons. The second-order valence-electron chi connectivity index (χ2n) is 5.73. The lowest BCUT2D eigenvalue weighted by Crippen LogP contribution is -2.42. The van der Waals surface area contributed by atoms with E-state index < -0.39 is 6.10 Å². The normalized spacial score (nSPS) is 14.7. The lowest BCUT2D eigenvalue weighted by atomic mass is 10.00. The van der Waals surface area contributed by atoms with Crippen LogP contribution in [0.4, 0.5) is 0 Å². The quantitative estimate of drug-likeness (QED) is 0.864. The van der Waals surface area contributed by atoms with Crippen LogP contribution < -0.4 is 5.32 Å². The second-order valence-corrected chi connectivity index (χ2v) is 5.73. The molecule has 0 aliphatic carbocycles. The number of aliphatic hydroxyl groups is 1. The van der Waals surface area contributed by atoms with Gasteiger partial charge in [-0.15, -0.1) is 5.10 Å². The minimum atomic E-state index is -0.610. The second kappa shape index (κ2) is 9.86. The van der Waals surface area contributed by atoms with Crippen LogP contribution in [0.3, 0.4) is 0 Å². The number of carbonyl (C=O) groups is 1. The van der Waals surface area contributed by atoms with E-state index in [-0.39, 0.29) is 18.1 Å². The number of benzene rings is 1. The molecule has 2 N–H and O–H groups in total. The van der Waals surface area contributed by atoms with Gasteiger partial charge in [0.1, 0.15) is 0 Å². The van der Waals surface area contributed by atoms with Crippen molar-refractivity contribution in [1.29, 1.82) is 0 Å². The van der Waals surface area contributed by atoms with Gasteiger partial charge in [0.25, 0.3) is 5.91 Å². The van der Waals surface area contributed by atoms with Gasteiger partial charge in [-0.3, -0.25) is 9.69 Å². The van der Waals surface area contributed by atoms with Crippen molar-refractivity contribution in [3.05, 3.63) is 59.4 Å². The lowest BCUT2D eigenvalue weighted by molar-refractivity contribution is 0.0837. The Bertz CT molecular complexity index is 663. The predicted octanol–water partition coefficient (Wildman–Crippen LogP) is 1.65. The Morgan fingerprint density at radius 1 is 1.24 bits per heavy atom. The Morgan fingerprint density at radius 2 is 2.00 bits per heavy atom. The maximum Gasteiger partial charge on any atom is 0.271 e. The molecule has 0 saturated heterocycles. The van der Waals surface area contributed by atoms with Gasteiger partial charge in [-0.2, -0.15) is 5.10 Å². The number of fused-ring (bicyclic) bond motifs is 1. The summed E-state index contributed by atoms with van der Waals surface area (Å²) < 4.78 is 0. The van der Waals surface area contributed by atoms with Crippen LogP contribution in [-0.2, 0) is 13.0 Å². The molecule has 1 atom stereocenters. The molecule has 1 aromatic heterocycles. The summed E-state index contributed by atoms with van der Waals surface area (Å²) in [6, 6.07) is 11.6. The van der Waals surface area contributed by atoms with Gasteiger partial charge in [0, 0.05) is 32.4 Å². The Balaban J connectivity index is 0.00000109. The van der Waals surface area contributed by atoms with Crippen LogP contribution >= 0.6 is 0 Å². The van der Waals surface area contributed by atoms with E-state index >= 15 is 0 Å². The van der Waals surface area contributed by atoms with Crippen molar-refractivity contribution in [2.45, 2.75) is 32.9 Å². The standard InChI is InChI=1S/C17H20N4O2.C2H6/c22-15(10-18-17(23)16-6-3-8-19-20-16)12-21-9-7-13-4-1-2-5-14(13)11-21;1-2/h1-6,8,15,22H,7,9-12H2,(H,18,23);1-2H3/t15-;/m1./s1. The molecule has 1 aliphatic rings. The number of nitrogens with one attached hydrogen (secondary N) is 1. The summed E-state index contributed by atoms with van der Waals surface area (Å²) in [5.41, 5.74) is 2.95. The molecule has 0 unspecified atom stereocenters. The molecule has 25 heavy (non-hydrogen) atoms. The molecule has 1 aromatic carbocycles. The van der Waals surface area contributed by atoms with Crippen LogP contribution in [0.2, 0.25) is 0 Å². The summed E-state index contributed by atoms with van der Waals surface area (Å²) in [7, 11) is 0. The van der Waals surface area contributed by atoms with Crippen molar-refractivity contribution in [3.8, 4) is 0 Å². The molecule has 0 spiro atoms. The molecule has 0 saturated carbocycles. The Kier molecular flexibility index (Phi) is 7.50. The number of carbonyl (C=O) groups excluding carboxylic acids is 1. The van der Waals surface area contributed by atoms with Crippen molar-refractivity contribution in [2.24, 2.45) is 0 Å². The number of amides is 1. The largest absolute Gasteiger partial charge is 0.390 e. The van der Waals surface area contributed by atoms with Gasteiger partial charge in [-0.1, -0.05) is 38.1 Å². The molecule has 1 amide bonds. The molecular formula is C19H26N4O2. The van der Waals surface area contributed by atoms with Crippen molar-refractivity contribution in [1.82, 2.24) is 20.4 Å². The zero-order chi connectivity index (χ0) is 18.1. The van der Waals surface area contributed by atoms with Gasteiger partial charge in [0.15, 0.2) is 5.69 Å². The van der Waals surface area contributed by atoms with Gasteiger partial charge in [0.2, 0.25) is 0 Å². The predicted molar refractivity (Wildman–Crippen MR) is 97.1 cm³/mol. The fraction of sp³-hybridized carbons (Fsp3) is 0.421. The van der Waals surface area contributed by atoms with Gasteiger partial charge >= 0.3 is 0 Å². The Morgan fingerprint density at radius 3 is 2.72 bits per heavy atom. The van der Waals surface area contributed by atoms with Crippen LogP contribution in [0, 0.1) is 0 Å². The summed E-state index contributed by atoms with van der Waals surface area (Å²) in [5, 5.41) is 20.3. The average Bonchev–Trinajstić information content (AvgIpc) is 2.68. The molecule has 2 heterocycles. The van der Waals surface area contributed by atoms with Crippen LogP contribution in [0.1, 0.15) is 35.5 Å². The number of β-amino-alcohol motifs (C(OH)–C–C–N with tert-alkyl or cyclic N) is 1. The first-order valence-corrected chi connectivity index (χ1v) is 8.75. The molecule has 0 fully saturated rings. The minimum absolute atomic E-state index is 0.202. The van der Waals surface area contributed by atoms with Crippen LogP contribution in [-0.4, -0.2) is 51.8 Å². The van der Waals surface area contributed by atoms with Gasteiger partial charge in [-0.05, 0) is 29.7 Å². The molecule has 6 nitrogen and oxygen atoms in total. The number of aromatic nitrogens is 2. The zero-order valence-electron chi connectivity index (χ0n) is 14.9. The van der Waals surface area contributed by atoms with E-state index in [0.29, 0.717) is 6.54 Å². The van der Waals surface area contributed by atoms with E-state index in [1.165, 1.54) is 17.3 Å². The Labute approximate surface area is 148 Å². The van der Waals surface area contributed by atoms with Crippen molar-refractivity contribution in [3.63, 3.8) is 0 Å². The molecule has 1 aliphatic heterocycles. The molecule has 0 bridgehead atoms. The third kappa shape index (κ3) is 5.62. The fourth-order valence-electron chi connectivity index (χ4n) is 2.80. The summed E-state index contributed by atoms with van der Waals surface area (Å²) in [6.07, 6.45) is 1.90. The highest BCUT2D eigenvalue weighted by Gasteiger charge is 2.19. The number of rotatable bonds is 5. The van der Waals surface area contributed by atoms with E-state index in [9.17, 15) is 9.90 Å². The number of hydrogen-bond acceptors (Lipinski definition) is 5. The van der Waals surface area contributed by atoms with E-state index in [2.05, 4.69) is 38.6 Å². The van der Waals surface area contributed by atoms with Gasteiger partial charge in [0.05, 0.1) is 6.10 Å². The summed E-state index contributed by atoms with van der Waals surface area (Å²) in [5.74, 6) is -0.318. The van der Waals surface area contributed by atoms with Gasteiger partial charge < -0.3 is 10.4 Å². The third-order valence-corrected chi connectivity index (χ3v) is 3.98. The SMILES string of the molecule is CC.O=C(NC[C@@H](O)CN1CCc2ccccc2C1)c1cccnn1. The van der Waals surface area contributed by atoms with Crippen molar-refractivity contribution in [2.75, 3.05) is 19.6 Å². The molecule has 6 heteroatoms. The lowest BCUT2D eigenvalue weighted by Gasteiger charge is -2.30. The summed E-state index contributed by atoms with van der Waals surface area (Å²) in [6.45, 7) is 6.50. The number of aliphatic hydroxyl groups excluding tert-OH is 1. The molecule has 134 valence electrons. The third-order valence-electron chi connectivity index (χ3n) is 3.98. The fourth-order valence-corrected chi connectivity index (χ4v) is 2.80. The highest BCUT2D eigenvalue weighted by atomic mass is 16.3. The average molecular weight is 342 g/mol. The van der Waals surface area contributed by atoms with E-state index in [1.54, 1.807) is 12.1 Å². The van der Waals surface area contributed by atoms with Gasteiger partial charge in [-0.25, -0.2) is 0 Å². The summed E-state index contributed by atoms with van der Waals surface area (Å²) in [4.78, 5) is 14.1. The van der Waals surface area contributed by atoms with E-state index in [1.807, 2.05) is 19.9 Å². The van der Waals surface area contributed by atoms with Crippen molar-refractivity contribution >= 4 is 5.91 Å². The summed E-state index contributed by atoms with van der Waals surface area (Å²) >= 11 is 0. The van der Waals surface area contributed by atoms with Crippen LogP contribution in [0.15, 0.2) is 42.6 Å². The first-order chi connectivity index (χ1) is 12.2. The highest BCUT2D eigenvalue weighted by Crippen LogP contribution is 2.18. The smallest absolute Gasteiger partial charge is 0.271 e. The monoisotopic (exact) mass is 342 g/mol. The van der Waals surface area contributed by atoms with E-state index in [0.717, 1.165) is 19.5 Å². The molecule has 2 aromatic rings. The first-order valence-electron chi connectivity index (χ1n) is 8.75. The Hall–Kier alpha value is -2.31. The topological polar surface area (TPSA) is 78.4 Å². The number of hydrogen-bond donors (Lipinski definition) is 2. The maximum absolute atomic E-state index is 11.9. The maximum atomic E-state index is 11.9. The zero-order valence-corrected chi connectivity index (χ0v) is 14.9. The molecule has 3 rings (SSSR count). The molecular weight excluding hydrogens is 316 g/mol. The first kappa shape index (κ1) is 19.0. The van der Waals surface area contributed by atoms with Crippen LogP contribution in [0.25, 0.3) is 0 Å². The van der Waals surface area contributed by atoms with E-state index in [4.69, 9.17) is 0 Å². The van der Waals surface area contributed by atoms with Crippen LogP contribution in [0.5, 0.6) is 0 Å².